The lowest BCUT2D eigenvalue weighted by Crippen LogP contribution is -2.21. The Hall–Kier alpha value is -1.02. The Morgan fingerprint density at radius 3 is 2.38 bits per heavy atom. The van der Waals surface area contributed by atoms with E-state index in [0.717, 1.165) is 5.69 Å². The third kappa shape index (κ3) is 3.95. The number of carbonyl (C=O) groups excluding carboxylic acids is 1. The maximum atomic E-state index is 10.7. The molecule has 72 valence electrons. The van der Waals surface area contributed by atoms with Crippen LogP contribution in [0.15, 0.2) is 30.3 Å². The molecule has 3 heteroatoms. The van der Waals surface area contributed by atoms with Gasteiger partial charge in [0.05, 0.1) is 6.04 Å². The van der Waals surface area contributed by atoms with Gasteiger partial charge in [0.25, 0.3) is 0 Å². The first-order valence-electron chi connectivity index (χ1n) is 3.71. The van der Waals surface area contributed by atoms with Crippen LogP contribution in [-0.2, 0) is 4.79 Å². The summed E-state index contributed by atoms with van der Waals surface area (Å²) in [6.07, 6.45) is 0. The van der Waals surface area contributed by atoms with Crippen molar-refractivity contribution in [3.05, 3.63) is 30.3 Å². The number of rotatable bonds is 3. The van der Waals surface area contributed by atoms with Crippen molar-refractivity contribution in [2.75, 3.05) is 5.32 Å². The molecule has 0 radical (unpaired) electrons. The third-order valence-electron chi connectivity index (χ3n) is 1.50. The van der Waals surface area contributed by atoms with Gasteiger partial charge in [0.1, 0.15) is 0 Å². The van der Waals surface area contributed by atoms with Crippen molar-refractivity contribution in [2.24, 2.45) is 0 Å². The quantitative estimate of drug-likeness (QED) is 0.759. The van der Waals surface area contributed by atoms with E-state index in [1.807, 2.05) is 30.3 Å². The number of hydrogen-bond acceptors (Lipinski definition) is 2. The minimum absolute atomic E-state index is 0. The molecule has 1 aromatic rings. The average molecular weight is 200 g/mol. The highest BCUT2D eigenvalue weighted by atomic mass is 35.5. The number of benzene rings is 1. The number of anilines is 1. The first-order valence-corrected chi connectivity index (χ1v) is 4.09. The molecular formula is C10H14ClNO. The lowest BCUT2D eigenvalue weighted by Gasteiger charge is -2.09. The summed E-state index contributed by atoms with van der Waals surface area (Å²) in [4.78, 5) is 10.7. The smallest absolute Gasteiger partial charge is 0.243 e. The van der Waals surface area contributed by atoms with Gasteiger partial charge in [0.2, 0.25) is 5.24 Å². The summed E-state index contributed by atoms with van der Waals surface area (Å²) in [5.74, 6) is 0. The van der Waals surface area contributed by atoms with Crippen molar-refractivity contribution in [3.8, 4) is 0 Å². The minimum atomic E-state index is -0.376. The molecule has 1 atom stereocenters. The van der Waals surface area contributed by atoms with Crippen molar-refractivity contribution >= 4 is 22.5 Å². The van der Waals surface area contributed by atoms with Gasteiger partial charge in [-0.05, 0) is 30.7 Å². The van der Waals surface area contributed by atoms with Crippen LogP contribution in [0, 0.1) is 0 Å². The molecule has 1 unspecified atom stereocenters. The van der Waals surface area contributed by atoms with E-state index in [0.29, 0.717) is 0 Å². The summed E-state index contributed by atoms with van der Waals surface area (Å²) in [6, 6.07) is 9.14. The van der Waals surface area contributed by atoms with Crippen LogP contribution < -0.4 is 5.32 Å². The van der Waals surface area contributed by atoms with E-state index in [1.54, 1.807) is 6.92 Å². The second-order valence-corrected chi connectivity index (χ2v) is 2.91. The van der Waals surface area contributed by atoms with Gasteiger partial charge in [-0.2, -0.15) is 0 Å². The van der Waals surface area contributed by atoms with Gasteiger partial charge in [-0.25, -0.2) is 0 Å². The Kier molecular flexibility index (Phi) is 5.16. The van der Waals surface area contributed by atoms with Crippen molar-refractivity contribution in [2.45, 2.75) is 20.4 Å². The summed E-state index contributed by atoms with van der Waals surface area (Å²) < 4.78 is 0. The summed E-state index contributed by atoms with van der Waals surface area (Å²) in [7, 11) is 0. The van der Waals surface area contributed by atoms with Crippen LogP contribution in [0.1, 0.15) is 14.4 Å². The highest BCUT2D eigenvalue weighted by Gasteiger charge is 2.07. The van der Waals surface area contributed by atoms with E-state index in [9.17, 15) is 4.79 Å². The van der Waals surface area contributed by atoms with Crippen LogP contribution in [0.5, 0.6) is 0 Å². The van der Waals surface area contributed by atoms with Crippen LogP contribution in [0.4, 0.5) is 5.69 Å². The fraction of sp³-hybridized carbons (Fsp3) is 0.300. The van der Waals surface area contributed by atoms with Crippen molar-refractivity contribution < 1.29 is 4.79 Å². The SMILES string of the molecule is C.CC(Nc1ccccc1)C(=O)Cl. The first kappa shape index (κ1) is 12.0. The lowest BCUT2D eigenvalue weighted by atomic mass is 10.3. The Balaban J connectivity index is 0.00000144. The maximum absolute atomic E-state index is 10.7. The lowest BCUT2D eigenvalue weighted by molar-refractivity contribution is -0.112. The Morgan fingerprint density at radius 1 is 1.38 bits per heavy atom. The van der Waals surface area contributed by atoms with Crippen molar-refractivity contribution in [1.82, 2.24) is 0 Å². The molecule has 0 aromatic heterocycles. The molecule has 0 bridgehead atoms. The Morgan fingerprint density at radius 2 is 1.92 bits per heavy atom. The molecule has 0 amide bonds. The summed E-state index contributed by atoms with van der Waals surface area (Å²) in [5, 5.41) is 2.58. The zero-order valence-electron chi connectivity index (χ0n) is 6.75. The topological polar surface area (TPSA) is 29.1 Å². The standard InChI is InChI=1S/C9H10ClNO.CH4/c1-7(9(10)12)11-8-5-3-2-4-6-8;/h2-7,11H,1H3;1H4. The summed E-state index contributed by atoms with van der Waals surface area (Å²) in [5.41, 5.74) is 0.902. The molecule has 1 aromatic carbocycles. The van der Waals surface area contributed by atoms with E-state index < -0.39 is 0 Å². The highest BCUT2D eigenvalue weighted by molar-refractivity contribution is 6.65. The molecular weight excluding hydrogens is 186 g/mol. The third-order valence-corrected chi connectivity index (χ3v) is 1.82. The average Bonchev–Trinajstić information content (AvgIpc) is 2.06. The normalized spacial score (nSPS) is 11.2. The van der Waals surface area contributed by atoms with Crippen LogP contribution in [0.25, 0.3) is 0 Å². The van der Waals surface area contributed by atoms with E-state index in [1.165, 1.54) is 0 Å². The monoisotopic (exact) mass is 199 g/mol. The molecule has 1 N–H and O–H groups in total. The van der Waals surface area contributed by atoms with E-state index in [2.05, 4.69) is 5.32 Å². The summed E-state index contributed by atoms with van der Waals surface area (Å²) in [6.45, 7) is 1.72. The second-order valence-electron chi connectivity index (χ2n) is 2.54. The number of nitrogens with one attached hydrogen (secondary N) is 1. The molecule has 0 spiro atoms. The Labute approximate surface area is 83.9 Å². The number of para-hydroxylation sites is 1. The van der Waals surface area contributed by atoms with Crippen molar-refractivity contribution in [1.29, 1.82) is 0 Å². The zero-order valence-corrected chi connectivity index (χ0v) is 7.51. The van der Waals surface area contributed by atoms with Gasteiger partial charge in [-0.1, -0.05) is 25.6 Å². The number of carbonyl (C=O) groups is 1. The van der Waals surface area contributed by atoms with E-state index in [4.69, 9.17) is 11.6 Å². The molecule has 0 heterocycles. The van der Waals surface area contributed by atoms with Gasteiger partial charge in [0.15, 0.2) is 0 Å². The molecule has 2 nitrogen and oxygen atoms in total. The summed E-state index contributed by atoms with van der Waals surface area (Å²) >= 11 is 5.28. The van der Waals surface area contributed by atoms with Crippen LogP contribution in [0.3, 0.4) is 0 Å². The number of halogens is 1. The molecule has 0 aliphatic carbocycles. The Bertz CT molecular complexity index is 261. The largest absolute Gasteiger partial charge is 0.374 e. The molecule has 0 saturated heterocycles. The van der Waals surface area contributed by atoms with Crippen LogP contribution in [-0.4, -0.2) is 11.3 Å². The van der Waals surface area contributed by atoms with E-state index in [-0.39, 0.29) is 18.7 Å². The van der Waals surface area contributed by atoms with Gasteiger partial charge >= 0.3 is 0 Å². The maximum Gasteiger partial charge on any atom is 0.243 e. The molecule has 1 rings (SSSR count). The van der Waals surface area contributed by atoms with Crippen LogP contribution in [0.2, 0.25) is 0 Å². The van der Waals surface area contributed by atoms with Gasteiger partial charge in [0, 0.05) is 5.69 Å². The molecule has 13 heavy (non-hydrogen) atoms. The number of hydrogen-bond donors (Lipinski definition) is 1. The van der Waals surface area contributed by atoms with Crippen molar-refractivity contribution in [3.63, 3.8) is 0 Å². The predicted octanol–water partition coefficient (Wildman–Crippen LogP) is 2.89. The van der Waals surface area contributed by atoms with E-state index >= 15 is 0 Å². The first-order chi connectivity index (χ1) is 5.70. The van der Waals surface area contributed by atoms with Gasteiger partial charge in [-0.15, -0.1) is 0 Å². The minimum Gasteiger partial charge on any atom is -0.374 e. The van der Waals surface area contributed by atoms with Crippen LogP contribution >= 0.6 is 11.6 Å². The molecule has 0 aliphatic heterocycles. The molecule has 0 fully saturated rings. The van der Waals surface area contributed by atoms with Gasteiger partial charge in [-0.3, -0.25) is 4.79 Å². The second kappa shape index (κ2) is 5.60. The predicted molar refractivity (Wildman–Crippen MR) is 57.1 cm³/mol. The fourth-order valence-corrected chi connectivity index (χ4v) is 0.896. The highest BCUT2D eigenvalue weighted by Crippen LogP contribution is 2.07. The molecule has 0 saturated carbocycles. The molecule has 0 aliphatic rings. The van der Waals surface area contributed by atoms with Gasteiger partial charge < -0.3 is 5.32 Å². The zero-order chi connectivity index (χ0) is 8.97. The fourth-order valence-electron chi connectivity index (χ4n) is 0.841.